The highest BCUT2D eigenvalue weighted by atomic mass is 35.5. The first-order valence-corrected chi connectivity index (χ1v) is 9.34. The Hall–Kier alpha value is -2.63. The molecule has 0 aliphatic heterocycles. The third-order valence-corrected chi connectivity index (χ3v) is 5.11. The molecule has 0 spiro atoms. The van der Waals surface area contributed by atoms with Crippen LogP contribution in [-0.4, -0.2) is 20.3 Å². The molecule has 2 heterocycles. The molecule has 1 unspecified atom stereocenters. The topological polar surface area (TPSA) is 76.7 Å². The van der Waals surface area contributed by atoms with Crippen LogP contribution < -0.4 is 11.1 Å². The van der Waals surface area contributed by atoms with Gasteiger partial charge in [0.1, 0.15) is 18.0 Å². The van der Waals surface area contributed by atoms with Crippen LogP contribution in [0, 0.1) is 0 Å². The molecule has 0 radical (unpaired) electrons. The highest BCUT2D eigenvalue weighted by Crippen LogP contribution is 2.33. The van der Waals surface area contributed by atoms with E-state index in [9.17, 15) is 0 Å². The van der Waals surface area contributed by atoms with Crippen LogP contribution in [0.1, 0.15) is 17.7 Å². The lowest BCUT2D eigenvalue weighted by atomic mass is 9.96. The van der Waals surface area contributed by atoms with E-state index < -0.39 is 0 Å². The Labute approximate surface area is 166 Å². The Bertz CT molecular complexity index is 1060. The van der Waals surface area contributed by atoms with Crippen LogP contribution in [0.4, 0.5) is 11.6 Å². The van der Waals surface area contributed by atoms with Crippen molar-refractivity contribution < 1.29 is 0 Å². The summed E-state index contributed by atoms with van der Waals surface area (Å²) in [7, 11) is 0. The van der Waals surface area contributed by atoms with Gasteiger partial charge in [-0.05, 0) is 29.7 Å². The summed E-state index contributed by atoms with van der Waals surface area (Å²) in [6, 6.07) is 9.54. The number of hydrogen-bond acceptors (Lipinski definition) is 5. The maximum atomic E-state index is 6.57. The summed E-state index contributed by atoms with van der Waals surface area (Å²) in [5.74, 6) is 1.07. The van der Waals surface area contributed by atoms with Crippen molar-refractivity contribution in [1.82, 2.24) is 15.0 Å². The number of pyridine rings is 1. The van der Waals surface area contributed by atoms with Gasteiger partial charge < -0.3 is 11.1 Å². The van der Waals surface area contributed by atoms with Gasteiger partial charge in [0.05, 0.1) is 21.6 Å². The molecule has 0 amide bonds. The smallest absolute Gasteiger partial charge is 0.131 e. The number of benzene rings is 1. The number of nitrogens with two attached hydrogens (primary N) is 1. The van der Waals surface area contributed by atoms with Crippen molar-refractivity contribution in [2.24, 2.45) is 0 Å². The standard InChI is InChI=1S/C20H17Cl2N5/c21-15-6-2-1-5-14(15)19-13(10-24-18-9-17(23)25-11-26-18)8-12-4-3-7-16(22)20(12)27-19/h1-5,7-9,11,15H,6,10H2,(H3,23,24,25,26). The second-order valence-electron chi connectivity index (χ2n) is 6.24. The molecule has 0 saturated carbocycles. The fourth-order valence-corrected chi connectivity index (χ4v) is 3.58. The molecule has 1 aromatic carbocycles. The molecule has 5 nitrogen and oxygen atoms in total. The summed E-state index contributed by atoms with van der Waals surface area (Å²) in [6.45, 7) is 0.520. The number of para-hydroxylation sites is 1. The molecule has 0 fully saturated rings. The van der Waals surface area contributed by atoms with E-state index in [1.165, 1.54) is 6.33 Å². The van der Waals surface area contributed by atoms with Crippen LogP contribution in [0.2, 0.25) is 5.02 Å². The maximum absolute atomic E-state index is 6.57. The third kappa shape index (κ3) is 3.75. The van der Waals surface area contributed by atoms with Crippen molar-refractivity contribution in [2.45, 2.75) is 18.3 Å². The van der Waals surface area contributed by atoms with Gasteiger partial charge in [-0.25, -0.2) is 15.0 Å². The summed E-state index contributed by atoms with van der Waals surface area (Å²) in [6.07, 6.45) is 8.27. The van der Waals surface area contributed by atoms with Crippen LogP contribution in [-0.2, 0) is 6.54 Å². The SMILES string of the molecule is Nc1cc(NCc2cc3cccc(Cl)c3nc2C2=CC=CCC2Cl)ncn1. The van der Waals surface area contributed by atoms with E-state index in [2.05, 4.69) is 27.4 Å². The highest BCUT2D eigenvalue weighted by molar-refractivity contribution is 6.35. The van der Waals surface area contributed by atoms with Gasteiger partial charge in [0.15, 0.2) is 0 Å². The Morgan fingerprint density at radius 1 is 1.22 bits per heavy atom. The summed E-state index contributed by atoms with van der Waals surface area (Å²) >= 11 is 12.9. The molecule has 1 atom stereocenters. The number of nitrogens with one attached hydrogen (secondary N) is 1. The lowest BCUT2D eigenvalue weighted by Crippen LogP contribution is -2.11. The van der Waals surface area contributed by atoms with E-state index in [-0.39, 0.29) is 5.38 Å². The molecule has 1 aliphatic carbocycles. The number of hydrogen-bond donors (Lipinski definition) is 2. The quantitative estimate of drug-likeness (QED) is 0.616. The number of rotatable bonds is 4. The number of fused-ring (bicyclic) bond motifs is 1. The number of aromatic nitrogens is 3. The first-order chi connectivity index (χ1) is 13.1. The molecule has 0 saturated heterocycles. The summed E-state index contributed by atoms with van der Waals surface area (Å²) < 4.78 is 0. The number of nitrogen functional groups attached to an aromatic ring is 1. The van der Waals surface area contributed by atoms with E-state index in [1.54, 1.807) is 6.07 Å². The third-order valence-electron chi connectivity index (χ3n) is 4.39. The second-order valence-corrected chi connectivity index (χ2v) is 7.18. The number of nitrogens with zero attached hydrogens (tertiary/aromatic N) is 3. The zero-order valence-electron chi connectivity index (χ0n) is 14.4. The van der Waals surface area contributed by atoms with Gasteiger partial charge in [-0.3, -0.25) is 0 Å². The van der Waals surface area contributed by atoms with Gasteiger partial charge in [-0.15, -0.1) is 11.6 Å². The van der Waals surface area contributed by atoms with Crippen LogP contribution in [0.25, 0.3) is 16.5 Å². The summed E-state index contributed by atoms with van der Waals surface area (Å²) in [5, 5.41) is 4.75. The fourth-order valence-electron chi connectivity index (χ4n) is 3.07. The number of alkyl halides is 1. The Balaban J connectivity index is 1.78. The van der Waals surface area contributed by atoms with Gasteiger partial charge >= 0.3 is 0 Å². The van der Waals surface area contributed by atoms with Gasteiger partial charge in [-0.2, -0.15) is 0 Å². The van der Waals surface area contributed by atoms with Gasteiger partial charge in [0.2, 0.25) is 0 Å². The predicted molar refractivity (Wildman–Crippen MR) is 112 cm³/mol. The van der Waals surface area contributed by atoms with Crippen LogP contribution in [0.15, 0.2) is 54.9 Å². The minimum atomic E-state index is -0.129. The van der Waals surface area contributed by atoms with E-state index >= 15 is 0 Å². The predicted octanol–water partition coefficient (Wildman–Crippen LogP) is 4.82. The largest absolute Gasteiger partial charge is 0.384 e. The van der Waals surface area contributed by atoms with E-state index in [0.29, 0.717) is 23.2 Å². The van der Waals surface area contributed by atoms with Crippen molar-refractivity contribution in [3.05, 3.63) is 71.2 Å². The first-order valence-electron chi connectivity index (χ1n) is 8.52. The molecular formula is C20H17Cl2N5. The number of halogens is 2. The summed E-state index contributed by atoms with van der Waals surface area (Å²) in [5.41, 5.74) is 9.34. The van der Waals surface area contributed by atoms with Crippen molar-refractivity contribution in [1.29, 1.82) is 0 Å². The molecule has 0 bridgehead atoms. The molecule has 7 heteroatoms. The molecule has 3 aromatic rings. The molecule has 4 rings (SSSR count). The van der Waals surface area contributed by atoms with Gasteiger partial charge in [0.25, 0.3) is 0 Å². The van der Waals surface area contributed by atoms with E-state index in [1.807, 2.05) is 30.4 Å². The normalized spacial score (nSPS) is 16.4. The average Bonchev–Trinajstić information content (AvgIpc) is 2.67. The molecule has 27 heavy (non-hydrogen) atoms. The van der Waals surface area contributed by atoms with Crippen LogP contribution in [0.3, 0.4) is 0 Å². The molecular weight excluding hydrogens is 381 g/mol. The minimum Gasteiger partial charge on any atom is -0.384 e. The van der Waals surface area contributed by atoms with Crippen molar-refractivity contribution in [3.8, 4) is 0 Å². The monoisotopic (exact) mass is 397 g/mol. The Kier molecular flexibility index (Phi) is 4.97. The average molecular weight is 398 g/mol. The molecule has 1 aliphatic rings. The van der Waals surface area contributed by atoms with Crippen molar-refractivity contribution in [2.75, 3.05) is 11.1 Å². The fraction of sp³-hybridized carbons (Fsp3) is 0.150. The van der Waals surface area contributed by atoms with Crippen molar-refractivity contribution in [3.63, 3.8) is 0 Å². The zero-order chi connectivity index (χ0) is 18.8. The Morgan fingerprint density at radius 3 is 2.93 bits per heavy atom. The maximum Gasteiger partial charge on any atom is 0.131 e. The number of allylic oxidation sites excluding steroid dienone is 4. The first kappa shape index (κ1) is 17.8. The van der Waals surface area contributed by atoms with Crippen molar-refractivity contribution >= 4 is 51.3 Å². The Morgan fingerprint density at radius 2 is 2.11 bits per heavy atom. The van der Waals surface area contributed by atoms with E-state index in [4.69, 9.17) is 33.9 Å². The van der Waals surface area contributed by atoms with Gasteiger partial charge in [-0.1, -0.05) is 42.0 Å². The highest BCUT2D eigenvalue weighted by Gasteiger charge is 2.20. The van der Waals surface area contributed by atoms with Crippen LogP contribution >= 0.6 is 23.2 Å². The molecule has 2 aromatic heterocycles. The lowest BCUT2D eigenvalue weighted by molar-refractivity contribution is 1.02. The summed E-state index contributed by atoms with van der Waals surface area (Å²) in [4.78, 5) is 13.0. The second kappa shape index (κ2) is 7.55. The number of anilines is 2. The molecule has 136 valence electrons. The lowest BCUT2D eigenvalue weighted by Gasteiger charge is -2.19. The zero-order valence-corrected chi connectivity index (χ0v) is 15.9. The minimum absolute atomic E-state index is 0.129. The van der Waals surface area contributed by atoms with Crippen LogP contribution in [0.5, 0.6) is 0 Å². The van der Waals surface area contributed by atoms with Gasteiger partial charge in [0, 0.05) is 18.0 Å². The molecule has 3 N–H and O–H groups in total. The van der Waals surface area contributed by atoms with E-state index in [0.717, 1.165) is 34.2 Å².